The minimum absolute atomic E-state index is 0.0337. The number of amides is 1. The lowest BCUT2D eigenvalue weighted by molar-refractivity contribution is 0.0698. The standard InChI is InChI=1S/C14H9N5O3S/c1-19(6-15)13(20)10-3-2-9(23-10)8-5-17-12-11(18-8)7(4-16-12)14(21)22/h2-5H,1H3,(H,16,17)(H,21,22). The second kappa shape index (κ2) is 5.51. The number of hydrogen-bond donors (Lipinski definition) is 2. The van der Waals surface area contributed by atoms with Gasteiger partial charge in [-0.15, -0.1) is 11.3 Å². The number of aromatic amines is 1. The zero-order valence-corrected chi connectivity index (χ0v) is 12.6. The first-order valence-electron chi connectivity index (χ1n) is 6.36. The van der Waals surface area contributed by atoms with Crippen LogP contribution >= 0.6 is 11.3 Å². The van der Waals surface area contributed by atoms with Gasteiger partial charge in [0.25, 0.3) is 5.91 Å². The molecule has 0 aromatic carbocycles. The predicted molar refractivity (Wildman–Crippen MR) is 81.9 cm³/mol. The van der Waals surface area contributed by atoms with Crippen LogP contribution in [0, 0.1) is 11.5 Å². The van der Waals surface area contributed by atoms with E-state index in [9.17, 15) is 9.59 Å². The Morgan fingerprint density at radius 3 is 2.91 bits per heavy atom. The maximum atomic E-state index is 11.9. The number of carboxylic acids is 1. The molecule has 0 fully saturated rings. The molecule has 0 aliphatic rings. The Balaban J connectivity index is 2.03. The van der Waals surface area contributed by atoms with Gasteiger partial charge in [0.05, 0.1) is 21.6 Å². The number of hydrogen-bond acceptors (Lipinski definition) is 6. The fraction of sp³-hybridized carbons (Fsp3) is 0.0714. The van der Waals surface area contributed by atoms with Crippen LogP contribution in [0.5, 0.6) is 0 Å². The van der Waals surface area contributed by atoms with Gasteiger partial charge in [0, 0.05) is 13.2 Å². The zero-order valence-electron chi connectivity index (χ0n) is 11.8. The molecule has 0 atom stereocenters. The van der Waals surface area contributed by atoms with E-state index in [0.29, 0.717) is 21.1 Å². The summed E-state index contributed by atoms with van der Waals surface area (Å²) in [7, 11) is 1.38. The molecule has 0 spiro atoms. The van der Waals surface area contributed by atoms with E-state index in [1.807, 2.05) is 0 Å². The van der Waals surface area contributed by atoms with Crippen LogP contribution in [0.25, 0.3) is 21.7 Å². The van der Waals surface area contributed by atoms with Crippen molar-refractivity contribution < 1.29 is 14.7 Å². The van der Waals surface area contributed by atoms with E-state index < -0.39 is 11.9 Å². The average molecular weight is 327 g/mol. The van der Waals surface area contributed by atoms with Crippen LogP contribution in [-0.4, -0.2) is 43.9 Å². The van der Waals surface area contributed by atoms with Crippen molar-refractivity contribution in [1.82, 2.24) is 19.9 Å². The normalized spacial score (nSPS) is 10.4. The van der Waals surface area contributed by atoms with Crippen LogP contribution in [-0.2, 0) is 0 Å². The number of nitrogens with zero attached hydrogens (tertiary/aromatic N) is 4. The monoisotopic (exact) mass is 327 g/mol. The molecule has 0 saturated heterocycles. The van der Waals surface area contributed by atoms with Crippen molar-refractivity contribution in [3.05, 3.63) is 35.0 Å². The highest BCUT2D eigenvalue weighted by Gasteiger charge is 2.17. The summed E-state index contributed by atoms with van der Waals surface area (Å²) in [6, 6.07) is 3.28. The van der Waals surface area contributed by atoms with Crippen LogP contribution in [0.4, 0.5) is 0 Å². The van der Waals surface area contributed by atoms with Crippen LogP contribution in [0.1, 0.15) is 20.0 Å². The summed E-state index contributed by atoms with van der Waals surface area (Å²) in [4.78, 5) is 36.3. The fourth-order valence-electron chi connectivity index (χ4n) is 1.97. The molecule has 8 nitrogen and oxygen atoms in total. The predicted octanol–water partition coefficient (Wildman–Crippen LogP) is 1.94. The summed E-state index contributed by atoms with van der Waals surface area (Å²) in [6.45, 7) is 0. The van der Waals surface area contributed by atoms with Crippen LogP contribution < -0.4 is 0 Å². The maximum absolute atomic E-state index is 11.9. The number of carboxylic acid groups (broad SMARTS) is 1. The van der Waals surface area contributed by atoms with Crippen molar-refractivity contribution in [2.75, 3.05) is 7.05 Å². The van der Waals surface area contributed by atoms with Gasteiger partial charge in [0.2, 0.25) is 0 Å². The minimum atomic E-state index is -1.10. The molecular weight excluding hydrogens is 318 g/mol. The molecule has 3 heterocycles. The van der Waals surface area contributed by atoms with Gasteiger partial charge in [-0.2, -0.15) is 5.26 Å². The van der Waals surface area contributed by atoms with Crippen molar-refractivity contribution in [2.45, 2.75) is 0 Å². The first kappa shape index (κ1) is 14.7. The van der Waals surface area contributed by atoms with Gasteiger partial charge in [-0.25, -0.2) is 19.7 Å². The highest BCUT2D eigenvalue weighted by molar-refractivity contribution is 7.17. The van der Waals surface area contributed by atoms with E-state index in [2.05, 4.69) is 15.0 Å². The number of nitrogens with one attached hydrogen (secondary N) is 1. The number of rotatable bonds is 3. The Morgan fingerprint density at radius 1 is 1.43 bits per heavy atom. The molecule has 9 heteroatoms. The quantitative estimate of drug-likeness (QED) is 0.560. The van der Waals surface area contributed by atoms with Crippen molar-refractivity contribution in [1.29, 1.82) is 5.26 Å². The molecule has 0 aliphatic heterocycles. The number of carbonyl (C=O) groups is 2. The van der Waals surface area contributed by atoms with E-state index in [1.165, 1.54) is 19.4 Å². The number of aromatic carboxylic acids is 1. The summed E-state index contributed by atoms with van der Waals surface area (Å²) < 4.78 is 0. The summed E-state index contributed by atoms with van der Waals surface area (Å²) in [5, 5.41) is 17.9. The lowest BCUT2D eigenvalue weighted by atomic mass is 10.3. The van der Waals surface area contributed by atoms with Crippen LogP contribution in [0.2, 0.25) is 0 Å². The van der Waals surface area contributed by atoms with Crippen molar-refractivity contribution in [3.63, 3.8) is 0 Å². The van der Waals surface area contributed by atoms with Gasteiger partial charge in [-0.05, 0) is 12.1 Å². The van der Waals surface area contributed by atoms with Gasteiger partial charge >= 0.3 is 5.97 Å². The third kappa shape index (κ3) is 2.51. The van der Waals surface area contributed by atoms with E-state index >= 15 is 0 Å². The number of carbonyl (C=O) groups excluding carboxylic acids is 1. The highest BCUT2D eigenvalue weighted by atomic mass is 32.1. The summed E-state index contributed by atoms with van der Waals surface area (Å²) >= 11 is 1.16. The largest absolute Gasteiger partial charge is 0.478 e. The molecule has 3 rings (SSSR count). The first-order chi connectivity index (χ1) is 11.0. The van der Waals surface area contributed by atoms with E-state index in [1.54, 1.807) is 18.3 Å². The molecule has 1 amide bonds. The molecule has 114 valence electrons. The Labute approximate surface area is 133 Å². The van der Waals surface area contributed by atoms with Crippen molar-refractivity contribution in [3.8, 4) is 16.8 Å². The summed E-state index contributed by atoms with van der Waals surface area (Å²) in [5.41, 5.74) is 1.13. The number of H-pyrrole nitrogens is 1. The van der Waals surface area contributed by atoms with Crippen molar-refractivity contribution in [2.24, 2.45) is 0 Å². The fourth-order valence-corrected chi connectivity index (χ4v) is 2.91. The molecule has 23 heavy (non-hydrogen) atoms. The highest BCUT2D eigenvalue weighted by Crippen LogP contribution is 2.28. The molecule has 3 aromatic rings. The van der Waals surface area contributed by atoms with Crippen LogP contribution in [0.3, 0.4) is 0 Å². The lowest BCUT2D eigenvalue weighted by Crippen LogP contribution is -2.19. The smallest absolute Gasteiger partial charge is 0.339 e. The lowest BCUT2D eigenvalue weighted by Gasteiger charge is -2.03. The van der Waals surface area contributed by atoms with Gasteiger partial charge in [0.1, 0.15) is 11.1 Å². The van der Waals surface area contributed by atoms with Gasteiger partial charge in [0.15, 0.2) is 11.8 Å². The molecule has 0 radical (unpaired) electrons. The van der Waals surface area contributed by atoms with Gasteiger partial charge < -0.3 is 10.1 Å². The third-order valence-electron chi connectivity index (χ3n) is 3.14. The minimum Gasteiger partial charge on any atom is -0.478 e. The number of nitriles is 1. The van der Waals surface area contributed by atoms with E-state index in [-0.39, 0.29) is 11.1 Å². The second-order valence-electron chi connectivity index (χ2n) is 4.59. The van der Waals surface area contributed by atoms with E-state index in [4.69, 9.17) is 10.4 Å². The molecule has 2 N–H and O–H groups in total. The third-order valence-corrected chi connectivity index (χ3v) is 4.23. The number of thiophene rings is 1. The van der Waals surface area contributed by atoms with Gasteiger partial charge in [-0.3, -0.25) is 4.79 Å². The number of fused-ring (bicyclic) bond motifs is 1. The first-order valence-corrected chi connectivity index (χ1v) is 7.18. The second-order valence-corrected chi connectivity index (χ2v) is 5.67. The summed E-state index contributed by atoms with van der Waals surface area (Å²) in [6.07, 6.45) is 4.58. The SMILES string of the molecule is CN(C#N)C(=O)c1ccc(-c2cnc3[nH]cc(C(=O)O)c3n2)s1. The topological polar surface area (TPSA) is 123 Å². The van der Waals surface area contributed by atoms with Gasteiger partial charge in [-0.1, -0.05) is 0 Å². The Kier molecular flexibility index (Phi) is 3.51. The van der Waals surface area contributed by atoms with E-state index in [0.717, 1.165) is 16.2 Å². The molecule has 0 bridgehead atoms. The number of aromatic nitrogens is 3. The molecule has 0 unspecified atom stereocenters. The molecular formula is C14H9N5O3S. The Bertz CT molecular complexity index is 968. The molecule has 0 aliphatic carbocycles. The average Bonchev–Trinajstić information content (AvgIpc) is 3.19. The molecule has 3 aromatic heterocycles. The van der Waals surface area contributed by atoms with Crippen LogP contribution in [0.15, 0.2) is 24.5 Å². The Hall–Kier alpha value is -3.25. The molecule has 0 saturated carbocycles. The van der Waals surface area contributed by atoms with Crippen molar-refractivity contribution >= 4 is 34.4 Å². The maximum Gasteiger partial charge on any atom is 0.339 e. The Morgan fingerprint density at radius 2 is 2.22 bits per heavy atom. The summed E-state index contributed by atoms with van der Waals surface area (Å²) in [5.74, 6) is -1.51. The zero-order chi connectivity index (χ0) is 16.6.